The number of nitrogens with one attached hydrogen (secondary N) is 1. The van der Waals surface area contributed by atoms with E-state index in [1.54, 1.807) is 16.2 Å². The van der Waals surface area contributed by atoms with Gasteiger partial charge in [0, 0.05) is 29.7 Å². The molecule has 0 radical (unpaired) electrons. The number of benzene rings is 1. The third kappa shape index (κ3) is 2.43. The zero-order valence-electron chi connectivity index (χ0n) is 11.8. The molecule has 0 fully saturated rings. The number of aryl methyl sites for hydroxylation is 1. The summed E-state index contributed by atoms with van der Waals surface area (Å²) < 4.78 is 0. The van der Waals surface area contributed by atoms with Gasteiger partial charge in [0.15, 0.2) is 0 Å². The highest BCUT2D eigenvalue weighted by molar-refractivity contribution is 7.10. The number of anilines is 1. The zero-order valence-corrected chi connectivity index (χ0v) is 12.6. The van der Waals surface area contributed by atoms with Gasteiger partial charge in [-0.15, -0.1) is 11.3 Å². The van der Waals surface area contributed by atoms with Crippen molar-refractivity contribution in [3.63, 3.8) is 0 Å². The van der Waals surface area contributed by atoms with Crippen molar-refractivity contribution in [1.29, 1.82) is 0 Å². The molecule has 3 rings (SSSR count). The molecular formula is C16H18N2OS. The molecule has 1 aromatic heterocycles. The fraction of sp³-hybridized carbons (Fsp3) is 0.312. The lowest BCUT2D eigenvalue weighted by atomic mass is 10.1. The van der Waals surface area contributed by atoms with Crippen molar-refractivity contribution in [3.8, 4) is 0 Å². The van der Waals surface area contributed by atoms with E-state index in [-0.39, 0.29) is 5.91 Å². The van der Waals surface area contributed by atoms with Crippen LogP contribution in [0.15, 0.2) is 29.6 Å². The summed E-state index contributed by atoms with van der Waals surface area (Å²) in [6.07, 6.45) is 1.00. The second-order valence-corrected chi connectivity index (χ2v) is 6.24. The second kappa shape index (κ2) is 5.29. The first-order valence-electron chi connectivity index (χ1n) is 6.80. The van der Waals surface area contributed by atoms with Crippen LogP contribution in [-0.2, 0) is 13.0 Å². The monoisotopic (exact) mass is 286 g/mol. The summed E-state index contributed by atoms with van der Waals surface area (Å²) in [7, 11) is 1.87. The molecular weight excluding hydrogens is 268 g/mol. The summed E-state index contributed by atoms with van der Waals surface area (Å²) >= 11 is 1.71. The van der Waals surface area contributed by atoms with Gasteiger partial charge >= 0.3 is 0 Å². The Labute approximate surface area is 123 Å². The van der Waals surface area contributed by atoms with E-state index in [1.807, 2.05) is 25.2 Å². The first kappa shape index (κ1) is 13.2. The van der Waals surface area contributed by atoms with Crippen molar-refractivity contribution in [1.82, 2.24) is 4.90 Å². The molecule has 0 unspecified atom stereocenters. The van der Waals surface area contributed by atoms with Gasteiger partial charge in [0.2, 0.25) is 0 Å². The number of nitrogens with zero attached hydrogens (tertiary/aromatic N) is 1. The van der Waals surface area contributed by atoms with E-state index in [9.17, 15) is 4.79 Å². The molecule has 0 spiro atoms. The summed E-state index contributed by atoms with van der Waals surface area (Å²) in [5.41, 5.74) is 4.45. The van der Waals surface area contributed by atoms with Gasteiger partial charge in [0.1, 0.15) is 0 Å². The van der Waals surface area contributed by atoms with Crippen LogP contribution < -0.4 is 5.32 Å². The maximum atomic E-state index is 12.5. The van der Waals surface area contributed by atoms with Gasteiger partial charge < -0.3 is 10.2 Å². The Balaban J connectivity index is 1.76. The van der Waals surface area contributed by atoms with E-state index in [4.69, 9.17) is 0 Å². The molecule has 0 saturated carbocycles. The fourth-order valence-corrected chi connectivity index (χ4v) is 3.47. The van der Waals surface area contributed by atoms with Crippen LogP contribution in [0.25, 0.3) is 0 Å². The molecule has 1 aliphatic heterocycles. The molecule has 2 aromatic rings. The smallest absolute Gasteiger partial charge is 0.253 e. The van der Waals surface area contributed by atoms with Gasteiger partial charge in [-0.05, 0) is 54.1 Å². The van der Waals surface area contributed by atoms with Crippen LogP contribution in [-0.4, -0.2) is 24.4 Å². The third-order valence-corrected chi connectivity index (χ3v) is 4.77. The minimum Gasteiger partial charge on any atom is -0.384 e. The van der Waals surface area contributed by atoms with Crippen LogP contribution in [0.2, 0.25) is 0 Å². The summed E-state index contributed by atoms with van der Waals surface area (Å²) in [6.45, 7) is 3.74. The van der Waals surface area contributed by atoms with Gasteiger partial charge in [-0.1, -0.05) is 0 Å². The van der Waals surface area contributed by atoms with Crippen LogP contribution in [0.5, 0.6) is 0 Å². The molecule has 1 N–H and O–H groups in total. The molecule has 20 heavy (non-hydrogen) atoms. The van der Waals surface area contributed by atoms with Crippen LogP contribution >= 0.6 is 11.3 Å². The van der Waals surface area contributed by atoms with Gasteiger partial charge in [0.05, 0.1) is 6.54 Å². The molecule has 4 heteroatoms. The SMILES string of the molecule is Cc1ccsc1CN(C)C(=O)c1ccc2c(c1)CCN2. The molecule has 0 saturated heterocycles. The van der Waals surface area contributed by atoms with Crippen molar-refractivity contribution in [2.45, 2.75) is 19.9 Å². The summed E-state index contributed by atoms with van der Waals surface area (Å²) in [5, 5.41) is 5.39. The van der Waals surface area contributed by atoms with E-state index < -0.39 is 0 Å². The molecule has 1 aliphatic rings. The predicted molar refractivity (Wildman–Crippen MR) is 83.5 cm³/mol. The molecule has 0 bridgehead atoms. The molecule has 1 aromatic carbocycles. The number of amides is 1. The Kier molecular flexibility index (Phi) is 3.49. The minimum absolute atomic E-state index is 0.0903. The number of thiophene rings is 1. The quantitative estimate of drug-likeness (QED) is 0.939. The molecule has 0 aliphatic carbocycles. The highest BCUT2D eigenvalue weighted by Gasteiger charge is 2.17. The number of hydrogen-bond acceptors (Lipinski definition) is 3. The van der Waals surface area contributed by atoms with Gasteiger partial charge in [-0.3, -0.25) is 4.79 Å². The Morgan fingerprint density at radius 1 is 1.40 bits per heavy atom. The Hall–Kier alpha value is -1.81. The summed E-state index contributed by atoms with van der Waals surface area (Å²) in [4.78, 5) is 15.5. The van der Waals surface area contributed by atoms with Crippen LogP contribution in [0.4, 0.5) is 5.69 Å². The normalized spacial score (nSPS) is 12.9. The minimum atomic E-state index is 0.0903. The van der Waals surface area contributed by atoms with Gasteiger partial charge in [-0.2, -0.15) is 0 Å². The summed E-state index contributed by atoms with van der Waals surface area (Å²) in [6, 6.07) is 8.05. The van der Waals surface area contributed by atoms with Gasteiger partial charge in [0.25, 0.3) is 5.91 Å². The van der Waals surface area contributed by atoms with Crippen molar-refractivity contribution < 1.29 is 4.79 Å². The topological polar surface area (TPSA) is 32.3 Å². The van der Waals surface area contributed by atoms with E-state index in [0.717, 1.165) is 18.5 Å². The van der Waals surface area contributed by atoms with Crippen molar-refractivity contribution in [2.24, 2.45) is 0 Å². The molecule has 1 amide bonds. The first-order valence-corrected chi connectivity index (χ1v) is 7.68. The summed E-state index contributed by atoms with van der Waals surface area (Å²) in [5.74, 6) is 0.0903. The van der Waals surface area contributed by atoms with E-state index in [0.29, 0.717) is 6.54 Å². The number of fused-ring (bicyclic) bond motifs is 1. The standard InChI is InChI=1S/C16H18N2OS/c1-11-6-8-20-15(11)10-18(2)16(19)13-3-4-14-12(9-13)5-7-17-14/h3-4,6,8-9,17H,5,7,10H2,1-2H3. The number of hydrogen-bond donors (Lipinski definition) is 1. The van der Waals surface area contributed by atoms with E-state index in [1.165, 1.54) is 21.7 Å². The largest absolute Gasteiger partial charge is 0.384 e. The van der Waals surface area contributed by atoms with Crippen molar-refractivity contribution in [2.75, 3.05) is 18.9 Å². The second-order valence-electron chi connectivity index (χ2n) is 5.24. The predicted octanol–water partition coefficient (Wildman–Crippen LogP) is 3.30. The average molecular weight is 286 g/mol. The van der Waals surface area contributed by atoms with E-state index in [2.05, 4.69) is 23.7 Å². The van der Waals surface area contributed by atoms with Crippen molar-refractivity contribution in [3.05, 3.63) is 51.2 Å². The van der Waals surface area contributed by atoms with Crippen LogP contribution in [0.1, 0.15) is 26.4 Å². The fourth-order valence-electron chi connectivity index (χ4n) is 2.51. The lowest BCUT2D eigenvalue weighted by molar-refractivity contribution is 0.0786. The number of carbonyl (C=O) groups excluding carboxylic acids is 1. The molecule has 104 valence electrons. The number of rotatable bonds is 3. The molecule has 0 atom stereocenters. The lowest BCUT2D eigenvalue weighted by Gasteiger charge is -2.17. The first-order chi connectivity index (χ1) is 9.65. The van der Waals surface area contributed by atoms with Crippen LogP contribution in [0.3, 0.4) is 0 Å². The van der Waals surface area contributed by atoms with Crippen LogP contribution in [0, 0.1) is 6.92 Å². The average Bonchev–Trinajstić information content (AvgIpc) is 3.06. The molecule has 3 nitrogen and oxygen atoms in total. The maximum Gasteiger partial charge on any atom is 0.253 e. The van der Waals surface area contributed by atoms with E-state index >= 15 is 0 Å². The van der Waals surface area contributed by atoms with Gasteiger partial charge in [-0.25, -0.2) is 0 Å². The maximum absolute atomic E-state index is 12.5. The Morgan fingerprint density at radius 3 is 3.00 bits per heavy atom. The lowest BCUT2D eigenvalue weighted by Crippen LogP contribution is -2.26. The Morgan fingerprint density at radius 2 is 2.25 bits per heavy atom. The zero-order chi connectivity index (χ0) is 14.1. The highest BCUT2D eigenvalue weighted by Crippen LogP contribution is 2.24. The molecule has 2 heterocycles. The Bertz CT molecular complexity index is 648. The third-order valence-electron chi connectivity index (χ3n) is 3.76. The number of carbonyl (C=O) groups is 1. The highest BCUT2D eigenvalue weighted by atomic mass is 32.1. The van der Waals surface area contributed by atoms with Crippen molar-refractivity contribution >= 4 is 22.9 Å².